The van der Waals surface area contributed by atoms with Crippen LogP contribution in [0.3, 0.4) is 0 Å². The van der Waals surface area contributed by atoms with E-state index in [1.807, 2.05) is 11.8 Å². The van der Waals surface area contributed by atoms with E-state index < -0.39 is 6.23 Å². The molecule has 1 heterocycles. The standard InChI is InChI=1S/C8H18N2O2/c1-7(6-11)8(12)10-4-2-9-3-5-10/h7-9,11-12H,2-6H2,1H3/t7-,8?/m0/s1. The van der Waals surface area contributed by atoms with Gasteiger partial charge in [-0.15, -0.1) is 0 Å². The predicted octanol–water partition coefficient (Wildman–Crippen LogP) is -1.16. The molecule has 0 aliphatic carbocycles. The SMILES string of the molecule is C[C@@H](CO)C(O)N1CCNCC1. The van der Waals surface area contributed by atoms with Gasteiger partial charge in [-0.05, 0) is 0 Å². The number of hydrogen-bond donors (Lipinski definition) is 3. The first kappa shape index (κ1) is 9.92. The highest BCUT2D eigenvalue weighted by Crippen LogP contribution is 2.08. The molecule has 1 fully saturated rings. The average molecular weight is 174 g/mol. The van der Waals surface area contributed by atoms with Crippen LogP contribution < -0.4 is 5.32 Å². The van der Waals surface area contributed by atoms with Crippen LogP contribution in [0.5, 0.6) is 0 Å². The van der Waals surface area contributed by atoms with Gasteiger partial charge in [0.1, 0.15) is 6.23 Å². The molecule has 0 aromatic heterocycles. The molecule has 1 aliphatic heterocycles. The number of nitrogens with zero attached hydrogens (tertiary/aromatic N) is 1. The number of rotatable bonds is 3. The summed E-state index contributed by atoms with van der Waals surface area (Å²) in [6.07, 6.45) is -0.489. The summed E-state index contributed by atoms with van der Waals surface area (Å²) >= 11 is 0. The zero-order chi connectivity index (χ0) is 8.97. The minimum absolute atomic E-state index is 0.0467. The zero-order valence-electron chi connectivity index (χ0n) is 7.53. The summed E-state index contributed by atoms with van der Waals surface area (Å²) in [7, 11) is 0. The summed E-state index contributed by atoms with van der Waals surface area (Å²) in [4.78, 5) is 2.00. The van der Waals surface area contributed by atoms with Crippen molar-refractivity contribution in [1.29, 1.82) is 0 Å². The Balaban J connectivity index is 2.33. The Morgan fingerprint density at radius 1 is 1.42 bits per heavy atom. The second-order valence-electron chi connectivity index (χ2n) is 3.36. The minimum Gasteiger partial charge on any atom is -0.396 e. The quantitative estimate of drug-likeness (QED) is 0.505. The van der Waals surface area contributed by atoms with E-state index in [9.17, 15) is 5.11 Å². The Morgan fingerprint density at radius 2 is 2.00 bits per heavy atom. The predicted molar refractivity (Wildman–Crippen MR) is 46.7 cm³/mol. The molecular formula is C8H18N2O2. The van der Waals surface area contributed by atoms with E-state index in [4.69, 9.17) is 5.11 Å². The van der Waals surface area contributed by atoms with Crippen LogP contribution in [0.1, 0.15) is 6.92 Å². The lowest BCUT2D eigenvalue weighted by molar-refractivity contribution is -0.0541. The van der Waals surface area contributed by atoms with E-state index >= 15 is 0 Å². The summed E-state index contributed by atoms with van der Waals surface area (Å²) in [5, 5.41) is 21.7. The highest BCUT2D eigenvalue weighted by Gasteiger charge is 2.22. The first-order valence-electron chi connectivity index (χ1n) is 4.49. The van der Waals surface area contributed by atoms with Crippen molar-refractivity contribution in [2.45, 2.75) is 13.2 Å². The average Bonchev–Trinajstić information content (AvgIpc) is 2.17. The Labute approximate surface area is 73.2 Å². The monoisotopic (exact) mass is 174 g/mol. The molecule has 4 heteroatoms. The maximum absolute atomic E-state index is 9.68. The molecule has 0 aromatic carbocycles. The molecule has 1 unspecified atom stereocenters. The summed E-state index contributed by atoms with van der Waals surface area (Å²) in [6.45, 7) is 5.49. The summed E-state index contributed by atoms with van der Waals surface area (Å²) in [5.41, 5.74) is 0. The van der Waals surface area contributed by atoms with E-state index in [2.05, 4.69) is 5.32 Å². The summed E-state index contributed by atoms with van der Waals surface area (Å²) in [5.74, 6) is -0.0527. The molecule has 1 saturated heterocycles. The molecule has 0 spiro atoms. The third-order valence-electron chi connectivity index (χ3n) is 2.32. The smallest absolute Gasteiger partial charge is 0.112 e. The van der Waals surface area contributed by atoms with Gasteiger partial charge in [0.25, 0.3) is 0 Å². The van der Waals surface area contributed by atoms with Gasteiger partial charge in [-0.2, -0.15) is 0 Å². The molecule has 2 atom stereocenters. The maximum Gasteiger partial charge on any atom is 0.112 e. The van der Waals surface area contributed by atoms with Gasteiger partial charge in [0.05, 0.1) is 0 Å². The summed E-state index contributed by atoms with van der Waals surface area (Å²) in [6, 6.07) is 0. The second-order valence-corrected chi connectivity index (χ2v) is 3.36. The van der Waals surface area contributed by atoms with Crippen LogP contribution in [-0.4, -0.2) is 54.1 Å². The van der Waals surface area contributed by atoms with Gasteiger partial charge in [-0.1, -0.05) is 6.92 Å². The number of piperazine rings is 1. The van der Waals surface area contributed by atoms with Crippen LogP contribution in [0, 0.1) is 5.92 Å². The van der Waals surface area contributed by atoms with Crippen molar-refractivity contribution >= 4 is 0 Å². The lowest BCUT2D eigenvalue weighted by atomic mass is 10.1. The fourth-order valence-corrected chi connectivity index (χ4v) is 1.40. The lowest BCUT2D eigenvalue weighted by Crippen LogP contribution is -2.50. The fraction of sp³-hybridized carbons (Fsp3) is 1.00. The normalized spacial score (nSPS) is 25.2. The van der Waals surface area contributed by atoms with Crippen molar-refractivity contribution in [2.24, 2.45) is 5.92 Å². The van der Waals surface area contributed by atoms with Gasteiger partial charge < -0.3 is 15.5 Å². The highest BCUT2D eigenvalue weighted by atomic mass is 16.3. The fourth-order valence-electron chi connectivity index (χ4n) is 1.40. The van der Waals surface area contributed by atoms with Crippen molar-refractivity contribution in [2.75, 3.05) is 32.8 Å². The minimum atomic E-state index is -0.489. The molecule has 3 N–H and O–H groups in total. The first-order chi connectivity index (χ1) is 5.75. The molecule has 1 rings (SSSR count). The maximum atomic E-state index is 9.68. The molecule has 0 amide bonds. The van der Waals surface area contributed by atoms with E-state index in [0.717, 1.165) is 26.2 Å². The van der Waals surface area contributed by atoms with Crippen LogP contribution in [0.4, 0.5) is 0 Å². The van der Waals surface area contributed by atoms with Crippen LogP contribution in [0.2, 0.25) is 0 Å². The number of hydrogen-bond acceptors (Lipinski definition) is 4. The van der Waals surface area contributed by atoms with E-state index in [1.165, 1.54) is 0 Å². The number of aliphatic hydroxyl groups is 2. The van der Waals surface area contributed by atoms with Gasteiger partial charge >= 0.3 is 0 Å². The van der Waals surface area contributed by atoms with Gasteiger partial charge in [0.15, 0.2) is 0 Å². The topological polar surface area (TPSA) is 55.7 Å². The molecule has 1 aliphatic rings. The molecule has 12 heavy (non-hydrogen) atoms. The highest BCUT2D eigenvalue weighted by molar-refractivity contribution is 4.72. The molecule has 0 aromatic rings. The van der Waals surface area contributed by atoms with Crippen LogP contribution in [0.15, 0.2) is 0 Å². The lowest BCUT2D eigenvalue weighted by Gasteiger charge is -2.34. The van der Waals surface area contributed by atoms with Gasteiger partial charge in [-0.3, -0.25) is 4.90 Å². The van der Waals surface area contributed by atoms with Gasteiger partial charge in [0, 0.05) is 38.7 Å². The first-order valence-corrected chi connectivity index (χ1v) is 4.49. The summed E-state index contributed by atoms with van der Waals surface area (Å²) < 4.78 is 0. The van der Waals surface area contributed by atoms with Crippen molar-refractivity contribution < 1.29 is 10.2 Å². The van der Waals surface area contributed by atoms with Crippen molar-refractivity contribution in [3.8, 4) is 0 Å². The molecule has 0 bridgehead atoms. The second kappa shape index (κ2) is 4.77. The molecule has 72 valence electrons. The molecular weight excluding hydrogens is 156 g/mol. The van der Waals surface area contributed by atoms with E-state index in [0.29, 0.717) is 0 Å². The Bertz CT molecular complexity index is 126. The molecule has 0 saturated carbocycles. The van der Waals surface area contributed by atoms with Crippen molar-refractivity contribution in [3.05, 3.63) is 0 Å². The van der Waals surface area contributed by atoms with Crippen molar-refractivity contribution in [3.63, 3.8) is 0 Å². The number of aliphatic hydroxyl groups excluding tert-OH is 2. The van der Waals surface area contributed by atoms with Crippen LogP contribution in [0.25, 0.3) is 0 Å². The van der Waals surface area contributed by atoms with Gasteiger partial charge in [-0.25, -0.2) is 0 Å². The third-order valence-corrected chi connectivity index (χ3v) is 2.32. The number of nitrogens with one attached hydrogen (secondary N) is 1. The van der Waals surface area contributed by atoms with E-state index in [-0.39, 0.29) is 12.5 Å². The largest absolute Gasteiger partial charge is 0.396 e. The van der Waals surface area contributed by atoms with Gasteiger partial charge in [0.2, 0.25) is 0 Å². The Hall–Kier alpha value is -0.160. The third kappa shape index (κ3) is 2.42. The molecule has 0 radical (unpaired) electrons. The van der Waals surface area contributed by atoms with Crippen LogP contribution >= 0.6 is 0 Å². The Morgan fingerprint density at radius 3 is 2.50 bits per heavy atom. The Kier molecular flexibility index (Phi) is 3.94. The molecule has 4 nitrogen and oxygen atoms in total. The van der Waals surface area contributed by atoms with Crippen LogP contribution in [-0.2, 0) is 0 Å². The zero-order valence-corrected chi connectivity index (χ0v) is 7.53. The van der Waals surface area contributed by atoms with Crippen molar-refractivity contribution in [1.82, 2.24) is 10.2 Å². The van der Waals surface area contributed by atoms with E-state index in [1.54, 1.807) is 0 Å².